The molecule has 2 aliphatic rings. The maximum atomic E-state index is 13.1. The lowest BCUT2D eigenvalue weighted by Crippen LogP contribution is -2.44. The van der Waals surface area contributed by atoms with Crippen molar-refractivity contribution < 1.29 is 19.0 Å². The SMILES string of the molecule is C=C1CC2CCC(C1)N2C(=O)c1cc(-c2cc(OC)c(OC)c(OC)c2)n[nH]1. The summed E-state index contributed by atoms with van der Waals surface area (Å²) in [5, 5.41) is 7.26. The highest BCUT2D eigenvalue weighted by molar-refractivity contribution is 5.94. The lowest BCUT2D eigenvalue weighted by atomic mass is 9.98. The fourth-order valence-corrected chi connectivity index (χ4v) is 4.39. The fourth-order valence-electron chi connectivity index (χ4n) is 4.39. The van der Waals surface area contributed by atoms with Crippen molar-refractivity contribution in [2.75, 3.05) is 21.3 Å². The summed E-state index contributed by atoms with van der Waals surface area (Å²) < 4.78 is 16.2. The molecule has 0 aliphatic carbocycles. The molecule has 2 unspecified atom stereocenters. The van der Waals surface area contributed by atoms with E-state index in [0.717, 1.165) is 31.2 Å². The van der Waals surface area contributed by atoms with Gasteiger partial charge in [0.1, 0.15) is 5.69 Å². The van der Waals surface area contributed by atoms with Crippen LogP contribution in [0.25, 0.3) is 11.3 Å². The maximum Gasteiger partial charge on any atom is 0.272 e. The number of ether oxygens (including phenoxy) is 3. The first-order valence-electron chi connectivity index (χ1n) is 9.40. The number of piperidine rings is 1. The summed E-state index contributed by atoms with van der Waals surface area (Å²) in [4.78, 5) is 15.1. The molecule has 2 fully saturated rings. The second-order valence-corrected chi connectivity index (χ2v) is 7.34. The monoisotopic (exact) mass is 383 g/mol. The molecule has 2 saturated heterocycles. The van der Waals surface area contributed by atoms with Crippen molar-refractivity contribution in [1.29, 1.82) is 0 Å². The molecule has 7 nitrogen and oxygen atoms in total. The van der Waals surface area contributed by atoms with Gasteiger partial charge in [-0.2, -0.15) is 5.10 Å². The summed E-state index contributed by atoms with van der Waals surface area (Å²) in [5.41, 5.74) is 3.17. The van der Waals surface area contributed by atoms with E-state index in [1.807, 2.05) is 17.0 Å². The number of hydrogen-bond acceptors (Lipinski definition) is 5. The zero-order valence-corrected chi connectivity index (χ0v) is 16.4. The van der Waals surface area contributed by atoms with Crippen LogP contribution in [0.4, 0.5) is 0 Å². The number of rotatable bonds is 5. The second kappa shape index (κ2) is 7.22. The summed E-state index contributed by atoms with van der Waals surface area (Å²) in [7, 11) is 4.70. The lowest BCUT2D eigenvalue weighted by Gasteiger charge is -2.35. The molecular weight excluding hydrogens is 358 g/mol. The maximum absolute atomic E-state index is 13.1. The molecule has 7 heteroatoms. The first-order valence-corrected chi connectivity index (χ1v) is 9.40. The van der Waals surface area contributed by atoms with E-state index in [1.165, 1.54) is 5.57 Å². The largest absolute Gasteiger partial charge is 0.493 e. The third-order valence-corrected chi connectivity index (χ3v) is 5.67. The zero-order chi connectivity index (χ0) is 19.8. The number of fused-ring (bicyclic) bond motifs is 2. The van der Waals surface area contributed by atoms with Gasteiger partial charge in [0.25, 0.3) is 5.91 Å². The molecule has 4 rings (SSSR count). The predicted octanol–water partition coefficient (Wildman–Crippen LogP) is 3.43. The highest BCUT2D eigenvalue weighted by Gasteiger charge is 2.41. The van der Waals surface area contributed by atoms with Crippen molar-refractivity contribution in [3.05, 3.63) is 36.0 Å². The van der Waals surface area contributed by atoms with Crippen LogP contribution in [0.5, 0.6) is 17.2 Å². The molecule has 0 saturated carbocycles. The van der Waals surface area contributed by atoms with Crippen molar-refractivity contribution in [1.82, 2.24) is 15.1 Å². The standard InChI is InChI=1S/C21H25N3O4/c1-12-7-14-5-6-15(8-12)24(14)21(25)17-11-16(22-23-17)13-9-18(26-2)20(28-4)19(10-13)27-3/h9-11,14-15H,1,5-8H2,2-4H3,(H,22,23). The quantitative estimate of drug-likeness (QED) is 0.801. The van der Waals surface area contributed by atoms with Gasteiger partial charge < -0.3 is 19.1 Å². The number of aromatic amines is 1. The van der Waals surface area contributed by atoms with Crippen LogP contribution < -0.4 is 14.2 Å². The molecule has 0 radical (unpaired) electrons. The first-order chi connectivity index (χ1) is 13.5. The Bertz CT molecular complexity index is 879. The Morgan fingerprint density at radius 2 is 1.68 bits per heavy atom. The van der Waals surface area contributed by atoms with E-state index in [-0.39, 0.29) is 18.0 Å². The van der Waals surface area contributed by atoms with Crippen LogP contribution in [-0.4, -0.2) is 54.4 Å². The molecule has 148 valence electrons. The van der Waals surface area contributed by atoms with E-state index in [9.17, 15) is 4.79 Å². The molecule has 3 heterocycles. The van der Waals surface area contributed by atoms with Crippen molar-refractivity contribution >= 4 is 5.91 Å². The van der Waals surface area contributed by atoms with E-state index >= 15 is 0 Å². The molecule has 28 heavy (non-hydrogen) atoms. The molecule has 1 amide bonds. The summed E-state index contributed by atoms with van der Waals surface area (Å²) in [5.74, 6) is 1.61. The van der Waals surface area contributed by atoms with Gasteiger partial charge in [0.2, 0.25) is 5.75 Å². The third-order valence-electron chi connectivity index (χ3n) is 5.67. The molecule has 2 aliphatic heterocycles. The number of carbonyl (C=O) groups excluding carboxylic acids is 1. The number of H-pyrrole nitrogens is 1. The van der Waals surface area contributed by atoms with Gasteiger partial charge in [-0.05, 0) is 43.9 Å². The Kier molecular flexibility index (Phi) is 4.75. The molecule has 1 N–H and O–H groups in total. The Hall–Kier alpha value is -2.96. The predicted molar refractivity (Wildman–Crippen MR) is 105 cm³/mol. The summed E-state index contributed by atoms with van der Waals surface area (Å²) in [6, 6.07) is 5.94. The van der Waals surface area contributed by atoms with Crippen molar-refractivity contribution in [2.45, 2.75) is 37.8 Å². The van der Waals surface area contributed by atoms with Crippen LogP contribution >= 0.6 is 0 Å². The van der Waals surface area contributed by atoms with Gasteiger partial charge in [0.05, 0.1) is 27.0 Å². The highest BCUT2D eigenvalue weighted by atomic mass is 16.5. The average Bonchev–Trinajstić information content (AvgIpc) is 3.30. The summed E-state index contributed by atoms with van der Waals surface area (Å²) in [6.45, 7) is 4.12. The van der Waals surface area contributed by atoms with Crippen molar-refractivity contribution in [2.24, 2.45) is 0 Å². The van der Waals surface area contributed by atoms with Gasteiger partial charge in [-0.15, -0.1) is 0 Å². The molecule has 1 aromatic heterocycles. The van der Waals surface area contributed by atoms with E-state index in [4.69, 9.17) is 14.2 Å². The highest BCUT2D eigenvalue weighted by Crippen LogP contribution is 2.41. The number of carbonyl (C=O) groups is 1. The molecule has 2 atom stereocenters. The van der Waals surface area contributed by atoms with Crippen LogP contribution in [0, 0.1) is 0 Å². The van der Waals surface area contributed by atoms with Crippen molar-refractivity contribution in [3.8, 4) is 28.5 Å². The Labute approximate surface area is 164 Å². The van der Waals surface area contributed by atoms with Crippen LogP contribution in [0.3, 0.4) is 0 Å². The number of amides is 1. The van der Waals surface area contributed by atoms with Gasteiger partial charge in [0, 0.05) is 17.6 Å². The Morgan fingerprint density at radius 3 is 2.21 bits per heavy atom. The lowest BCUT2D eigenvalue weighted by molar-refractivity contribution is 0.0629. The molecule has 1 aromatic carbocycles. The van der Waals surface area contributed by atoms with Gasteiger partial charge >= 0.3 is 0 Å². The van der Waals surface area contributed by atoms with E-state index in [0.29, 0.717) is 28.6 Å². The first kappa shape index (κ1) is 18.4. The van der Waals surface area contributed by atoms with Crippen LogP contribution in [0.1, 0.15) is 36.2 Å². The van der Waals surface area contributed by atoms with Crippen LogP contribution in [0.2, 0.25) is 0 Å². The van der Waals surface area contributed by atoms with Gasteiger partial charge in [0.15, 0.2) is 11.5 Å². The second-order valence-electron chi connectivity index (χ2n) is 7.34. The number of methoxy groups -OCH3 is 3. The zero-order valence-electron chi connectivity index (χ0n) is 16.4. The normalized spacial score (nSPS) is 21.0. The van der Waals surface area contributed by atoms with Crippen LogP contribution in [-0.2, 0) is 0 Å². The Morgan fingerprint density at radius 1 is 1.07 bits per heavy atom. The Balaban J connectivity index is 1.63. The topological polar surface area (TPSA) is 76.7 Å². The molecule has 0 spiro atoms. The summed E-state index contributed by atoms with van der Waals surface area (Å²) >= 11 is 0. The average molecular weight is 383 g/mol. The minimum atomic E-state index is 0.00573. The van der Waals surface area contributed by atoms with Gasteiger partial charge in [-0.25, -0.2) is 0 Å². The fraction of sp³-hybridized carbons (Fsp3) is 0.429. The molecular formula is C21H25N3O4. The minimum absolute atomic E-state index is 0.00573. The smallest absolute Gasteiger partial charge is 0.272 e. The van der Waals surface area contributed by atoms with E-state index in [2.05, 4.69) is 16.8 Å². The van der Waals surface area contributed by atoms with E-state index in [1.54, 1.807) is 27.4 Å². The summed E-state index contributed by atoms with van der Waals surface area (Å²) in [6.07, 6.45) is 3.89. The number of nitrogens with one attached hydrogen (secondary N) is 1. The van der Waals surface area contributed by atoms with Gasteiger partial charge in [-0.1, -0.05) is 12.2 Å². The number of hydrogen-bond donors (Lipinski definition) is 1. The number of benzene rings is 1. The number of nitrogens with zero attached hydrogens (tertiary/aromatic N) is 2. The molecule has 2 aromatic rings. The minimum Gasteiger partial charge on any atom is -0.493 e. The van der Waals surface area contributed by atoms with Crippen molar-refractivity contribution in [3.63, 3.8) is 0 Å². The van der Waals surface area contributed by atoms with Crippen LogP contribution in [0.15, 0.2) is 30.4 Å². The van der Waals surface area contributed by atoms with Gasteiger partial charge in [-0.3, -0.25) is 9.89 Å². The number of aromatic nitrogens is 2. The third kappa shape index (κ3) is 3.00. The van der Waals surface area contributed by atoms with E-state index < -0.39 is 0 Å². The molecule has 2 bridgehead atoms.